The van der Waals surface area contributed by atoms with Crippen LogP contribution in [0.25, 0.3) is 5.57 Å². The first-order valence-electron chi connectivity index (χ1n) is 5.02. The van der Waals surface area contributed by atoms with Crippen LogP contribution in [0.5, 0.6) is 0 Å². The van der Waals surface area contributed by atoms with Crippen LogP contribution in [0, 0.1) is 0 Å². The zero-order valence-corrected chi connectivity index (χ0v) is 9.64. The smallest absolute Gasteiger partial charge is 0.0653 e. The lowest BCUT2D eigenvalue weighted by molar-refractivity contribution is 0.161. The molecule has 0 spiro atoms. The minimum Gasteiger partial charge on any atom is -0.398 e. The normalized spacial score (nSPS) is 16.2. The van der Waals surface area contributed by atoms with Gasteiger partial charge in [0.2, 0.25) is 0 Å². The summed E-state index contributed by atoms with van der Waals surface area (Å²) in [6, 6.07) is 6.24. The van der Waals surface area contributed by atoms with Crippen molar-refractivity contribution in [2.45, 2.75) is 11.3 Å². The molecular formula is C12H15NOS. The van der Waals surface area contributed by atoms with Gasteiger partial charge in [-0.05, 0) is 35.9 Å². The van der Waals surface area contributed by atoms with Crippen molar-refractivity contribution in [3.8, 4) is 0 Å². The molecule has 3 heteroatoms. The topological polar surface area (TPSA) is 35.2 Å². The van der Waals surface area contributed by atoms with Crippen LogP contribution in [0.1, 0.15) is 12.0 Å². The molecule has 1 aliphatic heterocycles. The molecule has 1 aliphatic rings. The van der Waals surface area contributed by atoms with Crippen molar-refractivity contribution in [1.29, 1.82) is 0 Å². The molecule has 0 aromatic heterocycles. The van der Waals surface area contributed by atoms with Crippen LogP contribution in [0.2, 0.25) is 0 Å². The van der Waals surface area contributed by atoms with Crippen molar-refractivity contribution in [3.63, 3.8) is 0 Å². The second-order valence-corrected chi connectivity index (χ2v) is 4.36. The molecule has 0 atom stereocenters. The lowest BCUT2D eigenvalue weighted by Crippen LogP contribution is -2.04. The minimum absolute atomic E-state index is 0.730. The van der Waals surface area contributed by atoms with E-state index in [9.17, 15) is 0 Å². The van der Waals surface area contributed by atoms with E-state index in [4.69, 9.17) is 10.5 Å². The average molecular weight is 221 g/mol. The number of anilines is 1. The standard InChI is InChI=1S/C12H15NOS/c1-15-12-8-10(2-3-11(12)13)9-4-6-14-7-5-9/h2-4,8H,5-7,13H2,1H3. The predicted molar refractivity (Wildman–Crippen MR) is 66.0 cm³/mol. The number of thioether (sulfide) groups is 1. The number of hydrogen-bond donors (Lipinski definition) is 1. The Morgan fingerprint density at radius 2 is 2.27 bits per heavy atom. The second kappa shape index (κ2) is 4.73. The molecule has 0 saturated carbocycles. The Labute approximate surface area is 94.5 Å². The molecule has 1 aromatic rings. The third kappa shape index (κ3) is 2.36. The Bertz CT molecular complexity index is 387. The fraction of sp³-hybridized carbons (Fsp3) is 0.333. The van der Waals surface area contributed by atoms with E-state index in [1.807, 2.05) is 12.3 Å². The van der Waals surface area contributed by atoms with Crippen molar-refractivity contribution in [2.75, 3.05) is 25.2 Å². The van der Waals surface area contributed by atoms with Crippen LogP contribution in [0.3, 0.4) is 0 Å². The molecule has 80 valence electrons. The molecule has 0 bridgehead atoms. The van der Waals surface area contributed by atoms with Gasteiger partial charge in [0.05, 0.1) is 13.2 Å². The Hall–Kier alpha value is -0.930. The summed E-state index contributed by atoms with van der Waals surface area (Å²) in [5, 5.41) is 0. The number of ether oxygens (including phenoxy) is 1. The van der Waals surface area contributed by atoms with Gasteiger partial charge < -0.3 is 10.5 Å². The highest BCUT2D eigenvalue weighted by atomic mass is 32.2. The molecule has 2 N–H and O–H groups in total. The third-order valence-electron chi connectivity index (χ3n) is 2.57. The second-order valence-electron chi connectivity index (χ2n) is 3.51. The molecule has 1 heterocycles. The van der Waals surface area contributed by atoms with Crippen LogP contribution in [-0.4, -0.2) is 19.5 Å². The molecule has 2 nitrogen and oxygen atoms in total. The number of hydrogen-bond acceptors (Lipinski definition) is 3. The Morgan fingerprint density at radius 3 is 2.93 bits per heavy atom. The summed E-state index contributed by atoms with van der Waals surface area (Å²) < 4.78 is 5.30. The van der Waals surface area contributed by atoms with Gasteiger partial charge >= 0.3 is 0 Å². The summed E-state index contributed by atoms with van der Waals surface area (Å²) in [5.41, 5.74) is 9.37. The molecule has 0 unspecified atom stereocenters. The van der Waals surface area contributed by atoms with Crippen LogP contribution in [0.15, 0.2) is 29.2 Å². The molecule has 0 aliphatic carbocycles. The van der Waals surface area contributed by atoms with Crippen molar-refractivity contribution in [1.82, 2.24) is 0 Å². The number of rotatable bonds is 2. The Balaban J connectivity index is 2.32. The SMILES string of the molecule is CSc1cc(C2=CCOCC2)ccc1N. The maximum atomic E-state index is 5.86. The monoisotopic (exact) mass is 221 g/mol. The first kappa shape index (κ1) is 10.6. The van der Waals surface area contributed by atoms with Gasteiger partial charge in [0.15, 0.2) is 0 Å². The summed E-state index contributed by atoms with van der Waals surface area (Å²) in [5.74, 6) is 0. The first-order valence-corrected chi connectivity index (χ1v) is 6.24. The molecule has 1 aromatic carbocycles. The fourth-order valence-electron chi connectivity index (χ4n) is 1.70. The van der Waals surface area contributed by atoms with E-state index < -0.39 is 0 Å². The van der Waals surface area contributed by atoms with Gasteiger partial charge in [-0.25, -0.2) is 0 Å². The maximum Gasteiger partial charge on any atom is 0.0653 e. The number of benzene rings is 1. The van der Waals surface area contributed by atoms with Gasteiger partial charge in [0.1, 0.15) is 0 Å². The van der Waals surface area contributed by atoms with Crippen LogP contribution < -0.4 is 5.73 Å². The van der Waals surface area contributed by atoms with E-state index in [1.54, 1.807) is 11.8 Å². The summed E-state index contributed by atoms with van der Waals surface area (Å²) in [7, 11) is 0. The van der Waals surface area contributed by atoms with E-state index in [0.29, 0.717) is 0 Å². The molecule has 0 fully saturated rings. The highest BCUT2D eigenvalue weighted by Crippen LogP contribution is 2.29. The lowest BCUT2D eigenvalue weighted by atomic mass is 10.0. The van der Waals surface area contributed by atoms with Crippen molar-refractivity contribution in [3.05, 3.63) is 29.8 Å². The molecule has 15 heavy (non-hydrogen) atoms. The van der Waals surface area contributed by atoms with Gasteiger partial charge in [0, 0.05) is 10.6 Å². The fourth-order valence-corrected chi connectivity index (χ4v) is 2.25. The highest BCUT2D eigenvalue weighted by Gasteiger charge is 2.07. The zero-order chi connectivity index (χ0) is 10.7. The first-order chi connectivity index (χ1) is 7.31. The largest absolute Gasteiger partial charge is 0.398 e. The van der Waals surface area contributed by atoms with Gasteiger partial charge in [-0.1, -0.05) is 12.1 Å². The Morgan fingerprint density at radius 1 is 1.40 bits per heavy atom. The van der Waals surface area contributed by atoms with Gasteiger partial charge in [-0.2, -0.15) is 0 Å². The number of nitrogens with two attached hydrogens (primary N) is 1. The van der Waals surface area contributed by atoms with E-state index >= 15 is 0 Å². The van der Waals surface area contributed by atoms with Crippen molar-refractivity contribution < 1.29 is 4.74 Å². The molecule has 0 saturated heterocycles. The van der Waals surface area contributed by atoms with Gasteiger partial charge in [0.25, 0.3) is 0 Å². The summed E-state index contributed by atoms with van der Waals surface area (Å²) in [6.07, 6.45) is 5.20. The molecule has 2 rings (SSSR count). The summed E-state index contributed by atoms with van der Waals surface area (Å²) in [6.45, 7) is 1.55. The quantitative estimate of drug-likeness (QED) is 0.616. The van der Waals surface area contributed by atoms with Crippen LogP contribution in [0.4, 0.5) is 5.69 Å². The maximum absolute atomic E-state index is 5.86. The predicted octanol–water partition coefficient (Wildman–Crippen LogP) is 2.79. The highest BCUT2D eigenvalue weighted by molar-refractivity contribution is 7.98. The van der Waals surface area contributed by atoms with Crippen LogP contribution >= 0.6 is 11.8 Å². The lowest BCUT2D eigenvalue weighted by Gasteiger charge is -2.14. The van der Waals surface area contributed by atoms with E-state index in [1.165, 1.54) is 11.1 Å². The van der Waals surface area contributed by atoms with Gasteiger partial charge in [-0.3, -0.25) is 0 Å². The third-order valence-corrected chi connectivity index (χ3v) is 3.36. The van der Waals surface area contributed by atoms with E-state index in [2.05, 4.69) is 18.2 Å². The van der Waals surface area contributed by atoms with Crippen molar-refractivity contribution in [2.24, 2.45) is 0 Å². The number of nitrogen functional groups attached to an aromatic ring is 1. The molecule has 0 amide bonds. The minimum atomic E-state index is 0.730. The summed E-state index contributed by atoms with van der Waals surface area (Å²) >= 11 is 1.69. The Kier molecular flexibility index (Phi) is 3.34. The average Bonchev–Trinajstić information content (AvgIpc) is 2.31. The zero-order valence-electron chi connectivity index (χ0n) is 8.82. The van der Waals surface area contributed by atoms with E-state index in [-0.39, 0.29) is 0 Å². The summed E-state index contributed by atoms with van der Waals surface area (Å²) in [4.78, 5) is 1.15. The molecular weight excluding hydrogens is 206 g/mol. The van der Waals surface area contributed by atoms with E-state index in [0.717, 1.165) is 30.2 Å². The van der Waals surface area contributed by atoms with Gasteiger partial charge in [-0.15, -0.1) is 11.8 Å². The van der Waals surface area contributed by atoms with Crippen molar-refractivity contribution >= 4 is 23.0 Å². The molecule has 0 radical (unpaired) electrons. The van der Waals surface area contributed by atoms with Crippen LogP contribution in [-0.2, 0) is 4.74 Å².